The van der Waals surface area contributed by atoms with Crippen molar-refractivity contribution in [3.63, 3.8) is 0 Å². The number of aryl methyl sites for hydroxylation is 2. The number of ether oxygens (including phenoxy) is 1. The van der Waals surface area contributed by atoms with Crippen LogP contribution in [0, 0.1) is 0 Å². The zero-order valence-corrected chi connectivity index (χ0v) is 15.6. The second-order valence-electron chi connectivity index (χ2n) is 7.16. The Labute approximate surface area is 164 Å². The molecule has 154 valence electrons. The summed E-state index contributed by atoms with van der Waals surface area (Å²) in [7, 11) is 0. The molecule has 1 aromatic carbocycles. The topological polar surface area (TPSA) is 87.3 Å². The van der Waals surface area contributed by atoms with Gasteiger partial charge in [-0.3, -0.25) is 9.69 Å². The number of alkyl halides is 3. The Morgan fingerprint density at radius 2 is 2.17 bits per heavy atom. The van der Waals surface area contributed by atoms with Crippen LogP contribution < -0.4 is 10.2 Å². The quantitative estimate of drug-likeness (QED) is 0.817. The standard InChI is InChI=1S/C19H19F3N4O3/c1-10(27)23-8-13-9-26(18(28)29-13)12-5-6-14-11(7-12)3-2-4-15-16(14)25-17(24-15)19(20,21)22/h5-7,13H,2-4,8-9H2,1H3,(H,23,27)(H,24,25). The Balaban J connectivity index is 1.61. The second-order valence-corrected chi connectivity index (χ2v) is 7.16. The number of aromatic nitrogens is 2. The molecule has 0 radical (unpaired) electrons. The number of H-pyrrole nitrogens is 1. The van der Waals surface area contributed by atoms with Gasteiger partial charge in [0.25, 0.3) is 0 Å². The van der Waals surface area contributed by atoms with Crippen LogP contribution in [-0.2, 0) is 28.5 Å². The lowest BCUT2D eigenvalue weighted by Crippen LogP contribution is -2.33. The van der Waals surface area contributed by atoms with E-state index in [9.17, 15) is 22.8 Å². The number of halogens is 3. The average molecular weight is 408 g/mol. The van der Waals surface area contributed by atoms with E-state index in [2.05, 4.69) is 15.3 Å². The van der Waals surface area contributed by atoms with Crippen LogP contribution >= 0.6 is 0 Å². The van der Waals surface area contributed by atoms with E-state index in [1.807, 2.05) is 0 Å². The summed E-state index contributed by atoms with van der Waals surface area (Å²) in [5.74, 6) is -1.21. The molecule has 1 aliphatic heterocycles. The summed E-state index contributed by atoms with van der Waals surface area (Å²) in [6, 6.07) is 5.18. The Morgan fingerprint density at radius 3 is 2.90 bits per heavy atom. The van der Waals surface area contributed by atoms with E-state index in [1.165, 1.54) is 11.8 Å². The fourth-order valence-corrected chi connectivity index (χ4v) is 3.69. The Hall–Kier alpha value is -3.04. The molecule has 2 heterocycles. The molecule has 2 N–H and O–H groups in total. The van der Waals surface area contributed by atoms with Crippen molar-refractivity contribution < 1.29 is 27.5 Å². The van der Waals surface area contributed by atoms with Gasteiger partial charge in [-0.05, 0) is 37.0 Å². The molecule has 1 atom stereocenters. The lowest BCUT2D eigenvalue weighted by Gasteiger charge is -2.16. The van der Waals surface area contributed by atoms with Crippen molar-refractivity contribution in [2.75, 3.05) is 18.0 Å². The maximum Gasteiger partial charge on any atom is 0.449 e. The molecule has 1 aliphatic carbocycles. The number of nitrogens with zero attached hydrogens (tertiary/aromatic N) is 2. The first kappa shape index (κ1) is 19.3. The molecule has 1 fully saturated rings. The third-order valence-electron chi connectivity index (χ3n) is 5.03. The van der Waals surface area contributed by atoms with E-state index >= 15 is 0 Å². The zero-order chi connectivity index (χ0) is 20.8. The minimum absolute atomic E-state index is 0.211. The molecule has 1 aromatic heterocycles. The van der Waals surface area contributed by atoms with Gasteiger partial charge in [0.1, 0.15) is 6.10 Å². The predicted molar refractivity (Wildman–Crippen MR) is 97.3 cm³/mol. The highest BCUT2D eigenvalue weighted by Crippen LogP contribution is 2.37. The molecule has 1 saturated heterocycles. The third-order valence-corrected chi connectivity index (χ3v) is 5.03. The number of hydrogen-bond acceptors (Lipinski definition) is 4. The van der Waals surface area contributed by atoms with E-state index in [0.29, 0.717) is 41.9 Å². The van der Waals surface area contributed by atoms with Crippen LogP contribution in [0.2, 0.25) is 0 Å². The van der Waals surface area contributed by atoms with Gasteiger partial charge >= 0.3 is 12.3 Å². The minimum atomic E-state index is -4.53. The highest BCUT2D eigenvalue weighted by molar-refractivity contribution is 5.90. The van der Waals surface area contributed by atoms with Crippen molar-refractivity contribution in [3.8, 4) is 11.3 Å². The number of nitrogens with one attached hydrogen (secondary N) is 2. The molecular weight excluding hydrogens is 389 g/mol. The van der Waals surface area contributed by atoms with Gasteiger partial charge in [-0.25, -0.2) is 9.78 Å². The van der Waals surface area contributed by atoms with Crippen LogP contribution in [0.4, 0.5) is 23.7 Å². The highest BCUT2D eigenvalue weighted by Gasteiger charge is 2.37. The molecule has 10 heteroatoms. The maximum atomic E-state index is 13.0. The van der Waals surface area contributed by atoms with E-state index in [1.54, 1.807) is 18.2 Å². The number of amides is 2. The van der Waals surface area contributed by atoms with Gasteiger partial charge in [0.2, 0.25) is 11.7 Å². The predicted octanol–water partition coefficient (Wildman–Crippen LogP) is 3.05. The molecule has 2 aliphatic rings. The zero-order valence-electron chi connectivity index (χ0n) is 15.6. The molecule has 0 spiro atoms. The number of carbonyl (C=O) groups is 2. The van der Waals surface area contributed by atoms with E-state index in [0.717, 1.165) is 5.56 Å². The number of anilines is 1. The van der Waals surface area contributed by atoms with Crippen molar-refractivity contribution >= 4 is 17.7 Å². The lowest BCUT2D eigenvalue weighted by atomic mass is 10.0. The number of cyclic esters (lactones) is 1. The molecule has 0 bridgehead atoms. The largest absolute Gasteiger partial charge is 0.449 e. The number of fused-ring (bicyclic) bond motifs is 3. The summed E-state index contributed by atoms with van der Waals surface area (Å²) >= 11 is 0. The summed E-state index contributed by atoms with van der Waals surface area (Å²) < 4.78 is 44.4. The minimum Gasteiger partial charge on any atom is -0.442 e. The molecule has 29 heavy (non-hydrogen) atoms. The molecule has 2 aromatic rings. The normalized spacial score (nSPS) is 18.7. The van der Waals surface area contributed by atoms with Crippen molar-refractivity contribution in [2.45, 2.75) is 38.5 Å². The SMILES string of the molecule is CC(=O)NCC1CN(c2ccc3c(c2)CCCc2[nH]c(C(F)(F)F)nc2-3)C(=O)O1. The molecule has 7 nitrogen and oxygen atoms in total. The Kier molecular flexibility index (Phi) is 4.71. The molecule has 1 unspecified atom stereocenters. The van der Waals surface area contributed by atoms with E-state index in [4.69, 9.17) is 4.74 Å². The maximum absolute atomic E-state index is 13.0. The van der Waals surface area contributed by atoms with Crippen LogP contribution in [-0.4, -0.2) is 41.2 Å². The van der Waals surface area contributed by atoms with Gasteiger partial charge in [-0.15, -0.1) is 0 Å². The summed E-state index contributed by atoms with van der Waals surface area (Å²) in [5, 5.41) is 2.62. The summed E-state index contributed by atoms with van der Waals surface area (Å²) in [4.78, 5) is 30.9. The van der Waals surface area contributed by atoms with Crippen LogP contribution in [0.5, 0.6) is 0 Å². The molecule has 2 amide bonds. The van der Waals surface area contributed by atoms with Crippen molar-refractivity contribution in [3.05, 3.63) is 35.3 Å². The van der Waals surface area contributed by atoms with Gasteiger partial charge in [0.15, 0.2) is 0 Å². The van der Waals surface area contributed by atoms with E-state index < -0.39 is 24.2 Å². The van der Waals surface area contributed by atoms with Gasteiger partial charge in [-0.1, -0.05) is 6.07 Å². The Morgan fingerprint density at radius 1 is 1.38 bits per heavy atom. The van der Waals surface area contributed by atoms with Gasteiger partial charge in [0, 0.05) is 23.9 Å². The Bertz CT molecular complexity index is 970. The van der Waals surface area contributed by atoms with Crippen LogP contribution in [0.1, 0.15) is 30.4 Å². The van der Waals surface area contributed by atoms with Gasteiger partial charge < -0.3 is 15.0 Å². The number of benzene rings is 1. The number of hydrogen-bond donors (Lipinski definition) is 2. The molecule has 4 rings (SSSR count). The van der Waals surface area contributed by atoms with Crippen LogP contribution in [0.15, 0.2) is 18.2 Å². The van der Waals surface area contributed by atoms with Crippen LogP contribution in [0.25, 0.3) is 11.3 Å². The van der Waals surface area contributed by atoms with Crippen LogP contribution in [0.3, 0.4) is 0 Å². The fraction of sp³-hybridized carbons (Fsp3) is 0.421. The lowest BCUT2D eigenvalue weighted by molar-refractivity contribution is -0.144. The fourth-order valence-electron chi connectivity index (χ4n) is 3.69. The number of rotatable bonds is 3. The van der Waals surface area contributed by atoms with Gasteiger partial charge in [0.05, 0.1) is 18.8 Å². The summed E-state index contributed by atoms with van der Waals surface area (Å²) in [6.07, 6.45) is -3.72. The summed E-state index contributed by atoms with van der Waals surface area (Å²) in [6.45, 7) is 1.89. The number of aromatic amines is 1. The first-order valence-electron chi connectivity index (χ1n) is 9.24. The number of carbonyl (C=O) groups excluding carboxylic acids is 2. The number of imidazole rings is 1. The first-order valence-corrected chi connectivity index (χ1v) is 9.24. The van der Waals surface area contributed by atoms with Gasteiger partial charge in [-0.2, -0.15) is 13.2 Å². The summed E-state index contributed by atoms with van der Waals surface area (Å²) in [5.41, 5.74) is 2.85. The molecular formula is C19H19F3N4O3. The highest BCUT2D eigenvalue weighted by atomic mass is 19.4. The smallest absolute Gasteiger partial charge is 0.442 e. The van der Waals surface area contributed by atoms with E-state index in [-0.39, 0.29) is 19.0 Å². The van der Waals surface area contributed by atoms with Crippen molar-refractivity contribution in [1.82, 2.24) is 15.3 Å². The monoisotopic (exact) mass is 408 g/mol. The first-order chi connectivity index (χ1) is 13.7. The third kappa shape index (κ3) is 3.79. The molecule has 0 saturated carbocycles. The second kappa shape index (κ2) is 7.09. The van der Waals surface area contributed by atoms with Crippen molar-refractivity contribution in [1.29, 1.82) is 0 Å². The van der Waals surface area contributed by atoms with Crippen molar-refractivity contribution in [2.24, 2.45) is 0 Å². The average Bonchev–Trinajstić information content (AvgIpc) is 3.19.